The summed E-state index contributed by atoms with van der Waals surface area (Å²) in [4.78, 5) is 25.6. The van der Waals surface area contributed by atoms with Crippen LogP contribution in [-0.2, 0) is 0 Å². The summed E-state index contributed by atoms with van der Waals surface area (Å²) in [5.74, 6) is -1.20. The van der Waals surface area contributed by atoms with E-state index < -0.39 is 24.6 Å². The van der Waals surface area contributed by atoms with Crippen LogP contribution in [0.1, 0.15) is 23.2 Å². The number of carboxylic acid groups (broad SMARTS) is 1. The van der Waals surface area contributed by atoms with Crippen LogP contribution < -0.4 is 10.6 Å². The monoisotopic (exact) mass is 291 g/mol. The molecule has 0 aliphatic rings. The van der Waals surface area contributed by atoms with Gasteiger partial charge in [-0.05, 0) is 12.5 Å². The zero-order chi connectivity index (χ0) is 15.2. The summed E-state index contributed by atoms with van der Waals surface area (Å²) in [6, 6.07) is 0.460. The second-order valence-electron chi connectivity index (χ2n) is 3.87. The molecule has 0 saturated carbocycles. The molecule has 0 aliphatic carbocycles. The zero-order valence-electron chi connectivity index (χ0n) is 10.2. The van der Waals surface area contributed by atoms with E-state index >= 15 is 0 Å². The van der Waals surface area contributed by atoms with E-state index in [-0.39, 0.29) is 24.2 Å². The fourth-order valence-electron chi connectivity index (χ4n) is 1.29. The van der Waals surface area contributed by atoms with Crippen LogP contribution in [0.3, 0.4) is 0 Å². The van der Waals surface area contributed by atoms with E-state index in [4.69, 9.17) is 5.11 Å². The van der Waals surface area contributed by atoms with E-state index in [9.17, 15) is 22.8 Å². The van der Waals surface area contributed by atoms with E-state index in [1.165, 1.54) is 12.3 Å². The number of carboxylic acids is 1. The molecule has 3 N–H and O–H groups in total. The van der Waals surface area contributed by atoms with Crippen LogP contribution >= 0.6 is 0 Å². The minimum atomic E-state index is -4.25. The normalized spacial score (nSPS) is 10.9. The van der Waals surface area contributed by atoms with Crippen molar-refractivity contribution in [3.8, 4) is 0 Å². The van der Waals surface area contributed by atoms with Gasteiger partial charge in [0.05, 0.1) is 17.4 Å². The van der Waals surface area contributed by atoms with Crippen LogP contribution in [0.4, 0.5) is 23.7 Å². The average Bonchev–Trinajstić information content (AvgIpc) is 2.34. The van der Waals surface area contributed by atoms with Crippen molar-refractivity contribution in [3.05, 3.63) is 24.0 Å². The summed E-state index contributed by atoms with van der Waals surface area (Å²) in [6.45, 7) is -0.141. The molecule has 0 aromatic carbocycles. The lowest BCUT2D eigenvalue weighted by Gasteiger charge is -2.09. The lowest BCUT2D eigenvalue weighted by Crippen LogP contribution is -2.30. The molecule has 1 aromatic rings. The molecule has 2 amide bonds. The maximum atomic E-state index is 11.9. The number of aromatic nitrogens is 1. The van der Waals surface area contributed by atoms with Gasteiger partial charge in [-0.25, -0.2) is 9.59 Å². The topological polar surface area (TPSA) is 91.3 Å². The van der Waals surface area contributed by atoms with Crippen molar-refractivity contribution in [2.45, 2.75) is 19.0 Å². The van der Waals surface area contributed by atoms with Gasteiger partial charge in [-0.3, -0.25) is 4.98 Å². The van der Waals surface area contributed by atoms with Gasteiger partial charge >= 0.3 is 18.2 Å². The highest BCUT2D eigenvalue weighted by Gasteiger charge is 2.25. The molecule has 0 radical (unpaired) electrons. The highest BCUT2D eigenvalue weighted by Crippen LogP contribution is 2.20. The first-order chi connectivity index (χ1) is 9.28. The summed E-state index contributed by atoms with van der Waals surface area (Å²) >= 11 is 0. The number of nitrogens with zero attached hydrogens (tertiary/aromatic N) is 1. The van der Waals surface area contributed by atoms with Crippen molar-refractivity contribution in [2.75, 3.05) is 11.9 Å². The molecule has 0 atom stereocenters. The predicted molar refractivity (Wildman–Crippen MR) is 63.5 cm³/mol. The summed E-state index contributed by atoms with van der Waals surface area (Å²) in [5, 5.41) is 13.2. The van der Waals surface area contributed by atoms with E-state index in [1.807, 2.05) is 0 Å². The SMILES string of the molecule is O=C(NCCCC(F)(F)F)Nc1cncc(C(=O)O)c1. The van der Waals surface area contributed by atoms with Crippen molar-refractivity contribution < 1.29 is 27.9 Å². The smallest absolute Gasteiger partial charge is 0.389 e. The molecule has 20 heavy (non-hydrogen) atoms. The molecular formula is C11H12F3N3O3. The maximum absolute atomic E-state index is 11.9. The third-order valence-corrected chi connectivity index (χ3v) is 2.17. The minimum Gasteiger partial charge on any atom is -0.478 e. The summed E-state index contributed by atoms with van der Waals surface area (Å²) in [6.07, 6.45) is -3.14. The van der Waals surface area contributed by atoms with E-state index in [1.54, 1.807) is 0 Å². The number of aromatic carboxylic acids is 1. The highest BCUT2D eigenvalue weighted by molar-refractivity contribution is 5.92. The first-order valence-electron chi connectivity index (χ1n) is 5.58. The summed E-state index contributed by atoms with van der Waals surface area (Å²) < 4.78 is 35.6. The molecule has 0 aliphatic heterocycles. The van der Waals surface area contributed by atoms with E-state index in [0.717, 1.165) is 6.20 Å². The number of anilines is 1. The lowest BCUT2D eigenvalue weighted by atomic mass is 10.2. The number of carbonyl (C=O) groups excluding carboxylic acids is 1. The van der Waals surface area contributed by atoms with Gasteiger partial charge in [0.2, 0.25) is 0 Å². The molecule has 110 valence electrons. The molecule has 0 saturated heterocycles. The molecular weight excluding hydrogens is 279 g/mol. The van der Waals surface area contributed by atoms with Crippen molar-refractivity contribution in [2.24, 2.45) is 0 Å². The van der Waals surface area contributed by atoms with Crippen LogP contribution in [0, 0.1) is 0 Å². The van der Waals surface area contributed by atoms with Crippen molar-refractivity contribution >= 4 is 17.7 Å². The Bertz CT molecular complexity index is 491. The number of amides is 2. The lowest BCUT2D eigenvalue weighted by molar-refractivity contribution is -0.135. The van der Waals surface area contributed by atoms with Crippen molar-refractivity contribution in [1.29, 1.82) is 0 Å². The van der Waals surface area contributed by atoms with Gasteiger partial charge in [-0.2, -0.15) is 13.2 Å². The Balaban J connectivity index is 2.39. The zero-order valence-corrected chi connectivity index (χ0v) is 10.2. The van der Waals surface area contributed by atoms with Gasteiger partial charge in [0.1, 0.15) is 0 Å². The van der Waals surface area contributed by atoms with Crippen LogP contribution in [-0.4, -0.2) is 34.8 Å². The average molecular weight is 291 g/mol. The molecule has 1 heterocycles. The quantitative estimate of drug-likeness (QED) is 0.725. The van der Waals surface area contributed by atoms with Crippen LogP contribution in [0.5, 0.6) is 0 Å². The maximum Gasteiger partial charge on any atom is 0.389 e. The number of pyridine rings is 1. The summed E-state index contributed by atoms with van der Waals surface area (Å²) in [7, 11) is 0. The Labute approximate surface area is 112 Å². The number of carbonyl (C=O) groups is 2. The fourth-order valence-corrected chi connectivity index (χ4v) is 1.29. The minimum absolute atomic E-state index is 0.111. The number of urea groups is 1. The number of nitrogens with one attached hydrogen (secondary N) is 2. The largest absolute Gasteiger partial charge is 0.478 e. The van der Waals surface area contributed by atoms with Crippen LogP contribution in [0.25, 0.3) is 0 Å². The van der Waals surface area contributed by atoms with E-state index in [2.05, 4.69) is 15.6 Å². The second kappa shape index (κ2) is 6.73. The molecule has 6 nitrogen and oxygen atoms in total. The molecule has 9 heteroatoms. The third kappa shape index (κ3) is 6.03. The van der Waals surface area contributed by atoms with Crippen LogP contribution in [0.2, 0.25) is 0 Å². The molecule has 1 rings (SSSR count). The Morgan fingerprint density at radius 2 is 2.00 bits per heavy atom. The molecule has 0 spiro atoms. The Morgan fingerprint density at radius 3 is 2.60 bits per heavy atom. The predicted octanol–water partition coefficient (Wildman–Crippen LogP) is 2.24. The van der Waals surface area contributed by atoms with Gasteiger partial charge in [-0.15, -0.1) is 0 Å². The first-order valence-corrected chi connectivity index (χ1v) is 5.58. The standard InChI is InChI=1S/C11H12F3N3O3/c12-11(13,14)2-1-3-16-10(20)17-8-4-7(9(18)19)5-15-6-8/h4-6H,1-3H2,(H,18,19)(H2,16,17,20). The van der Waals surface area contributed by atoms with Gasteiger partial charge in [0, 0.05) is 19.2 Å². The third-order valence-electron chi connectivity index (χ3n) is 2.17. The fraction of sp³-hybridized carbons (Fsp3) is 0.364. The molecule has 0 fully saturated rings. The van der Waals surface area contributed by atoms with Gasteiger partial charge in [-0.1, -0.05) is 0 Å². The number of alkyl halides is 3. The van der Waals surface area contributed by atoms with Crippen LogP contribution in [0.15, 0.2) is 18.5 Å². The van der Waals surface area contributed by atoms with Gasteiger partial charge in [0.25, 0.3) is 0 Å². The molecule has 0 unspecified atom stereocenters. The summed E-state index contributed by atoms with van der Waals surface area (Å²) in [5.41, 5.74) is 0.0260. The Kier molecular flexibility index (Phi) is 5.30. The number of rotatable bonds is 5. The Hall–Kier alpha value is -2.32. The first kappa shape index (κ1) is 15.7. The number of halogens is 3. The van der Waals surface area contributed by atoms with E-state index in [0.29, 0.717) is 0 Å². The number of hydrogen-bond donors (Lipinski definition) is 3. The van der Waals surface area contributed by atoms with Crippen molar-refractivity contribution in [1.82, 2.24) is 10.3 Å². The second-order valence-corrected chi connectivity index (χ2v) is 3.87. The van der Waals surface area contributed by atoms with Gasteiger partial charge in [0.15, 0.2) is 0 Å². The van der Waals surface area contributed by atoms with Gasteiger partial charge < -0.3 is 15.7 Å². The molecule has 0 bridgehead atoms. The van der Waals surface area contributed by atoms with Crippen molar-refractivity contribution in [3.63, 3.8) is 0 Å². The Morgan fingerprint density at radius 1 is 1.30 bits per heavy atom. The molecule has 1 aromatic heterocycles. The highest BCUT2D eigenvalue weighted by atomic mass is 19.4. The number of hydrogen-bond acceptors (Lipinski definition) is 3.